The van der Waals surface area contributed by atoms with Gasteiger partial charge in [-0.15, -0.1) is 6.58 Å². The van der Waals surface area contributed by atoms with Crippen LogP contribution < -0.4 is 4.74 Å². The fourth-order valence-electron chi connectivity index (χ4n) is 7.93. The molecule has 12 nitrogen and oxygen atoms in total. The molecule has 354 valence electrons. The maximum Gasteiger partial charge on any atom is 0.333 e. The molecule has 0 saturated heterocycles. The standard InChI is InChI=1S/C52H74O12/c1-8-13-14-15-16-18-39-20-22-41(23-21-39)42-24-26-45(40(10-3)30-42)43-25-27-46(44(31-43)19-17-29-58-28-9-2)61-34-52(37-64-51(57)38(6)7,35-62-49(55)32-47(53)59-11-4)36-63-50(56)33-48(54)60-12-5/h9,24-27,30-31,39,41H,2,6,8,10-23,28-29,32-37H2,1,3-5,7H3. The van der Waals surface area contributed by atoms with Crippen LogP contribution in [0, 0.1) is 11.3 Å². The van der Waals surface area contributed by atoms with Crippen LogP contribution in [0.2, 0.25) is 0 Å². The summed E-state index contributed by atoms with van der Waals surface area (Å²) in [6, 6.07) is 12.9. The van der Waals surface area contributed by atoms with Gasteiger partial charge in [-0.1, -0.05) is 89.3 Å². The lowest BCUT2D eigenvalue weighted by Gasteiger charge is -2.32. The highest BCUT2D eigenvalue weighted by atomic mass is 16.6. The molecular formula is C52H74O12. The van der Waals surface area contributed by atoms with E-state index in [1.165, 1.54) is 82.3 Å². The third kappa shape index (κ3) is 19.0. The number of aryl methyl sites for hydroxylation is 2. The Balaban J connectivity index is 1.94. The van der Waals surface area contributed by atoms with Gasteiger partial charge in [-0.25, -0.2) is 4.79 Å². The summed E-state index contributed by atoms with van der Waals surface area (Å²) >= 11 is 0. The summed E-state index contributed by atoms with van der Waals surface area (Å²) in [4.78, 5) is 62.6. The molecule has 0 bridgehead atoms. The van der Waals surface area contributed by atoms with Gasteiger partial charge in [0.2, 0.25) is 0 Å². The number of carbonyl (C=O) groups excluding carboxylic acids is 5. The van der Waals surface area contributed by atoms with E-state index in [4.69, 9.17) is 33.2 Å². The number of hydrogen-bond acceptors (Lipinski definition) is 12. The summed E-state index contributed by atoms with van der Waals surface area (Å²) in [5, 5.41) is 0. The first-order chi connectivity index (χ1) is 30.9. The Morgan fingerprint density at radius 1 is 0.703 bits per heavy atom. The molecule has 1 saturated carbocycles. The largest absolute Gasteiger partial charge is 0.492 e. The molecule has 0 N–H and O–H groups in total. The topological polar surface area (TPSA) is 150 Å². The highest BCUT2D eigenvalue weighted by molar-refractivity contribution is 5.91. The highest BCUT2D eigenvalue weighted by Gasteiger charge is 2.38. The minimum Gasteiger partial charge on any atom is -0.492 e. The summed E-state index contributed by atoms with van der Waals surface area (Å²) in [5.41, 5.74) is 4.36. The van der Waals surface area contributed by atoms with Gasteiger partial charge in [-0.3, -0.25) is 19.2 Å². The summed E-state index contributed by atoms with van der Waals surface area (Å²) in [5.74, 6) is -2.18. The van der Waals surface area contributed by atoms with Gasteiger partial charge in [0.25, 0.3) is 0 Å². The summed E-state index contributed by atoms with van der Waals surface area (Å²) in [6.07, 6.45) is 15.6. The van der Waals surface area contributed by atoms with Crippen molar-refractivity contribution in [3.63, 3.8) is 0 Å². The van der Waals surface area contributed by atoms with Gasteiger partial charge >= 0.3 is 29.8 Å². The molecule has 1 aliphatic carbocycles. The van der Waals surface area contributed by atoms with Gasteiger partial charge in [0, 0.05) is 12.2 Å². The molecule has 1 aliphatic rings. The third-order valence-electron chi connectivity index (χ3n) is 11.5. The summed E-state index contributed by atoms with van der Waals surface area (Å²) in [7, 11) is 0. The normalized spacial score (nSPS) is 14.8. The van der Waals surface area contributed by atoms with Gasteiger partial charge in [-0.2, -0.15) is 0 Å². The molecule has 0 heterocycles. The average molecular weight is 891 g/mol. The Hall–Kier alpha value is -4.97. The van der Waals surface area contributed by atoms with Gasteiger partial charge < -0.3 is 33.2 Å². The molecule has 0 atom stereocenters. The highest BCUT2D eigenvalue weighted by Crippen LogP contribution is 2.40. The van der Waals surface area contributed by atoms with Gasteiger partial charge in [-0.05, 0) is 118 Å². The molecule has 12 heteroatoms. The Bertz CT molecular complexity index is 1770. The van der Waals surface area contributed by atoms with E-state index in [1.54, 1.807) is 19.9 Å². The quantitative estimate of drug-likeness (QED) is 0.0177. The predicted molar refractivity (Wildman–Crippen MR) is 247 cm³/mol. The van der Waals surface area contributed by atoms with Crippen molar-refractivity contribution in [1.29, 1.82) is 0 Å². The minimum atomic E-state index is -1.50. The van der Waals surface area contributed by atoms with Crippen molar-refractivity contribution in [1.82, 2.24) is 0 Å². The van der Waals surface area contributed by atoms with Crippen molar-refractivity contribution in [2.24, 2.45) is 11.3 Å². The number of esters is 5. The van der Waals surface area contributed by atoms with Crippen molar-refractivity contribution in [3.05, 3.63) is 77.9 Å². The van der Waals surface area contributed by atoms with E-state index in [-0.39, 0.29) is 25.4 Å². The second-order valence-electron chi connectivity index (χ2n) is 16.9. The molecule has 64 heavy (non-hydrogen) atoms. The predicted octanol–water partition coefficient (Wildman–Crippen LogP) is 10.2. The van der Waals surface area contributed by atoms with Crippen molar-refractivity contribution < 1.29 is 57.1 Å². The Morgan fingerprint density at radius 2 is 1.33 bits per heavy atom. The van der Waals surface area contributed by atoms with Crippen molar-refractivity contribution >= 4 is 29.8 Å². The lowest BCUT2D eigenvalue weighted by Crippen LogP contribution is -2.44. The molecule has 0 aliphatic heterocycles. The van der Waals surface area contributed by atoms with Crippen LogP contribution in [0.1, 0.15) is 141 Å². The van der Waals surface area contributed by atoms with Crippen LogP contribution in [-0.2, 0) is 65.2 Å². The van der Waals surface area contributed by atoms with E-state index in [0.29, 0.717) is 37.7 Å². The molecular weight excluding hydrogens is 817 g/mol. The fourth-order valence-corrected chi connectivity index (χ4v) is 7.93. The number of hydrogen-bond donors (Lipinski definition) is 0. The zero-order valence-electron chi connectivity index (χ0n) is 39.3. The van der Waals surface area contributed by atoms with Crippen LogP contribution in [-0.4, -0.2) is 82.7 Å². The van der Waals surface area contributed by atoms with E-state index >= 15 is 0 Å². The van der Waals surface area contributed by atoms with E-state index in [1.807, 2.05) is 12.1 Å². The molecule has 0 aromatic heterocycles. The molecule has 2 aromatic carbocycles. The van der Waals surface area contributed by atoms with Crippen LogP contribution in [0.4, 0.5) is 0 Å². The second kappa shape index (κ2) is 29.5. The molecule has 0 radical (unpaired) electrons. The first kappa shape index (κ1) is 53.4. The SMILES string of the molecule is C=CCOCCCc1cc(-c2ccc(C3CCC(CCCCCCC)CC3)cc2CC)ccc1OCC(COC(=O)CC(=O)OCC)(COC(=O)CC(=O)OCC)COC(=O)C(=C)C. The summed E-state index contributed by atoms with van der Waals surface area (Å²) < 4.78 is 38.7. The Labute approximate surface area is 381 Å². The number of unbranched alkanes of at least 4 members (excludes halogenated alkanes) is 4. The van der Waals surface area contributed by atoms with Crippen molar-refractivity contribution in [3.8, 4) is 16.9 Å². The van der Waals surface area contributed by atoms with E-state index < -0.39 is 67.9 Å². The number of carbonyl (C=O) groups is 5. The maximum absolute atomic E-state index is 12.8. The zero-order valence-corrected chi connectivity index (χ0v) is 39.3. The van der Waals surface area contributed by atoms with Crippen LogP contribution in [0.15, 0.2) is 61.2 Å². The van der Waals surface area contributed by atoms with Crippen molar-refractivity contribution in [2.45, 2.75) is 137 Å². The average Bonchev–Trinajstić information content (AvgIpc) is 3.28. The third-order valence-corrected chi connectivity index (χ3v) is 11.5. The second-order valence-corrected chi connectivity index (χ2v) is 16.9. The zero-order chi connectivity index (χ0) is 46.7. The van der Waals surface area contributed by atoms with Crippen molar-refractivity contribution in [2.75, 3.05) is 52.9 Å². The minimum absolute atomic E-state index is 0.0734. The van der Waals surface area contributed by atoms with Crippen LogP contribution in [0.25, 0.3) is 11.1 Å². The first-order valence-corrected chi connectivity index (χ1v) is 23.4. The first-order valence-electron chi connectivity index (χ1n) is 23.4. The van der Waals surface area contributed by atoms with Gasteiger partial charge in [0.15, 0.2) is 0 Å². The van der Waals surface area contributed by atoms with Crippen LogP contribution in [0.3, 0.4) is 0 Å². The number of ether oxygens (including phenoxy) is 7. The van der Waals surface area contributed by atoms with Crippen LogP contribution >= 0.6 is 0 Å². The van der Waals surface area contributed by atoms with Gasteiger partial charge in [0.05, 0.1) is 19.8 Å². The monoisotopic (exact) mass is 891 g/mol. The Morgan fingerprint density at radius 3 is 1.92 bits per heavy atom. The fraction of sp³-hybridized carbons (Fsp3) is 0.596. The van der Waals surface area contributed by atoms with E-state index in [2.05, 4.69) is 51.3 Å². The number of benzene rings is 2. The molecule has 3 rings (SSSR count). The molecule has 0 spiro atoms. The maximum atomic E-state index is 12.8. The number of rotatable bonds is 31. The molecule has 1 fully saturated rings. The Kier molecular flexibility index (Phi) is 24.6. The van der Waals surface area contributed by atoms with Crippen LogP contribution in [0.5, 0.6) is 5.75 Å². The molecule has 2 aromatic rings. The van der Waals surface area contributed by atoms with E-state index in [9.17, 15) is 24.0 Å². The summed E-state index contributed by atoms with van der Waals surface area (Å²) in [6.45, 7) is 15.9. The molecule has 0 unspecified atom stereocenters. The smallest absolute Gasteiger partial charge is 0.333 e. The van der Waals surface area contributed by atoms with E-state index in [0.717, 1.165) is 29.0 Å². The van der Waals surface area contributed by atoms with Gasteiger partial charge in [0.1, 0.15) is 50.4 Å². The lowest BCUT2D eigenvalue weighted by molar-refractivity contribution is -0.165. The molecule has 0 amide bonds. The lowest BCUT2D eigenvalue weighted by atomic mass is 9.76.